The number of rotatable bonds is 3. The standard InChI is InChI=1S/C11H21NO.C2H6/c1-7(2)13-8(3)11-10-5-9(10)6-12(11)4;1-2/h7-11H,5-6H2,1-4H3;1-2H3. The van der Waals surface area contributed by atoms with E-state index in [0.29, 0.717) is 18.2 Å². The summed E-state index contributed by atoms with van der Waals surface area (Å²) in [6.45, 7) is 11.8. The molecule has 0 aromatic heterocycles. The molecule has 4 unspecified atom stereocenters. The molecule has 90 valence electrons. The summed E-state index contributed by atoms with van der Waals surface area (Å²) in [5, 5.41) is 0. The number of piperidine rings is 1. The van der Waals surface area contributed by atoms with Gasteiger partial charge >= 0.3 is 0 Å². The quantitative estimate of drug-likeness (QED) is 0.715. The van der Waals surface area contributed by atoms with Gasteiger partial charge in [0.05, 0.1) is 12.2 Å². The highest BCUT2D eigenvalue weighted by Gasteiger charge is 2.53. The number of fused-ring (bicyclic) bond motifs is 1. The Labute approximate surface area is 95.0 Å². The molecular formula is C13H27NO. The zero-order valence-electron chi connectivity index (χ0n) is 11.2. The van der Waals surface area contributed by atoms with Crippen molar-refractivity contribution in [2.75, 3.05) is 13.6 Å². The first-order valence-electron chi connectivity index (χ1n) is 6.45. The van der Waals surface area contributed by atoms with Crippen LogP contribution in [0.3, 0.4) is 0 Å². The highest BCUT2D eigenvalue weighted by Crippen LogP contribution is 2.50. The summed E-state index contributed by atoms with van der Waals surface area (Å²) in [6, 6.07) is 0.687. The van der Waals surface area contributed by atoms with Gasteiger partial charge in [0.25, 0.3) is 0 Å². The third-order valence-electron chi connectivity index (χ3n) is 3.42. The van der Waals surface area contributed by atoms with Crippen molar-refractivity contribution in [1.82, 2.24) is 4.90 Å². The smallest absolute Gasteiger partial charge is 0.0708 e. The molecule has 1 aliphatic carbocycles. The molecule has 0 N–H and O–H groups in total. The van der Waals surface area contributed by atoms with E-state index >= 15 is 0 Å². The summed E-state index contributed by atoms with van der Waals surface area (Å²) in [5.74, 6) is 1.94. The zero-order valence-corrected chi connectivity index (χ0v) is 11.2. The van der Waals surface area contributed by atoms with Gasteiger partial charge in [-0.3, -0.25) is 0 Å². The van der Waals surface area contributed by atoms with Crippen molar-refractivity contribution in [3.63, 3.8) is 0 Å². The van der Waals surface area contributed by atoms with E-state index < -0.39 is 0 Å². The molecule has 0 radical (unpaired) electrons. The lowest BCUT2D eigenvalue weighted by Gasteiger charge is -2.30. The van der Waals surface area contributed by atoms with Crippen LogP contribution >= 0.6 is 0 Å². The second-order valence-corrected chi connectivity index (χ2v) is 4.98. The lowest BCUT2D eigenvalue weighted by Crippen LogP contribution is -2.40. The molecule has 1 saturated heterocycles. The minimum atomic E-state index is 0.362. The molecule has 0 aromatic rings. The van der Waals surface area contributed by atoms with Crippen LogP contribution in [0, 0.1) is 11.8 Å². The van der Waals surface area contributed by atoms with E-state index in [0.717, 1.165) is 11.8 Å². The average molecular weight is 213 g/mol. The van der Waals surface area contributed by atoms with Gasteiger partial charge in [-0.15, -0.1) is 0 Å². The highest BCUT2D eigenvalue weighted by molar-refractivity contribution is 5.05. The largest absolute Gasteiger partial charge is 0.374 e. The highest BCUT2D eigenvalue weighted by atomic mass is 16.5. The SMILES string of the molecule is CC.CC(C)OC(C)C1C2CC2CN1C. The Balaban J connectivity index is 0.000000531. The molecule has 4 atom stereocenters. The Kier molecular flexibility index (Phi) is 4.60. The summed E-state index contributed by atoms with van der Waals surface area (Å²) >= 11 is 0. The molecular weight excluding hydrogens is 186 g/mol. The maximum Gasteiger partial charge on any atom is 0.0708 e. The molecule has 1 saturated carbocycles. The fourth-order valence-electron chi connectivity index (χ4n) is 2.93. The maximum absolute atomic E-state index is 5.86. The fourth-order valence-corrected chi connectivity index (χ4v) is 2.93. The van der Waals surface area contributed by atoms with Crippen LogP contribution < -0.4 is 0 Å². The summed E-state index contributed by atoms with van der Waals surface area (Å²) in [4.78, 5) is 2.48. The molecule has 0 bridgehead atoms. The summed E-state index contributed by atoms with van der Waals surface area (Å²) in [5.41, 5.74) is 0. The molecule has 2 rings (SSSR count). The number of ether oxygens (including phenoxy) is 1. The van der Waals surface area contributed by atoms with Crippen LogP contribution in [0.5, 0.6) is 0 Å². The number of likely N-dealkylation sites (tertiary alicyclic amines) is 1. The Bertz CT molecular complexity index is 191. The first-order chi connectivity index (χ1) is 7.09. The molecule has 1 heterocycles. The minimum Gasteiger partial charge on any atom is -0.374 e. The number of hydrogen-bond donors (Lipinski definition) is 0. The molecule has 0 aromatic carbocycles. The zero-order chi connectivity index (χ0) is 11.6. The van der Waals surface area contributed by atoms with Gasteiger partial charge in [-0.1, -0.05) is 13.8 Å². The van der Waals surface area contributed by atoms with E-state index in [2.05, 4.69) is 32.7 Å². The third kappa shape index (κ3) is 2.94. The molecule has 2 nitrogen and oxygen atoms in total. The topological polar surface area (TPSA) is 12.5 Å². The van der Waals surface area contributed by atoms with E-state index in [1.165, 1.54) is 13.0 Å². The molecule has 0 spiro atoms. The molecule has 0 amide bonds. The summed E-state index contributed by atoms with van der Waals surface area (Å²) < 4.78 is 5.86. The van der Waals surface area contributed by atoms with Gasteiger partial charge in [-0.05, 0) is 46.1 Å². The van der Waals surface area contributed by atoms with Crippen molar-refractivity contribution in [1.29, 1.82) is 0 Å². The van der Waals surface area contributed by atoms with Crippen LogP contribution in [0.4, 0.5) is 0 Å². The molecule has 15 heavy (non-hydrogen) atoms. The van der Waals surface area contributed by atoms with E-state index in [-0.39, 0.29) is 0 Å². The van der Waals surface area contributed by atoms with E-state index in [4.69, 9.17) is 4.74 Å². The van der Waals surface area contributed by atoms with Crippen molar-refractivity contribution in [3.8, 4) is 0 Å². The van der Waals surface area contributed by atoms with Gasteiger partial charge in [0.2, 0.25) is 0 Å². The minimum absolute atomic E-state index is 0.362. The van der Waals surface area contributed by atoms with Gasteiger partial charge < -0.3 is 9.64 Å². The monoisotopic (exact) mass is 213 g/mol. The molecule has 2 fully saturated rings. The van der Waals surface area contributed by atoms with Crippen molar-refractivity contribution in [2.24, 2.45) is 11.8 Å². The normalized spacial score (nSPS) is 35.8. The Morgan fingerprint density at radius 2 is 1.80 bits per heavy atom. The van der Waals surface area contributed by atoms with E-state index in [9.17, 15) is 0 Å². The van der Waals surface area contributed by atoms with Crippen molar-refractivity contribution in [2.45, 2.75) is 59.3 Å². The molecule has 2 heteroatoms. The van der Waals surface area contributed by atoms with Gasteiger partial charge in [0, 0.05) is 12.6 Å². The predicted molar refractivity (Wildman–Crippen MR) is 65.0 cm³/mol. The van der Waals surface area contributed by atoms with Crippen molar-refractivity contribution >= 4 is 0 Å². The molecule has 1 aliphatic heterocycles. The predicted octanol–water partition coefficient (Wildman–Crippen LogP) is 2.78. The summed E-state index contributed by atoms with van der Waals surface area (Å²) in [6.07, 6.45) is 2.21. The van der Waals surface area contributed by atoms with E-state index in [1.807, 2.05) is 13.8 Å². The number of nitrogens with zero attached hydrogens (tertiary/aromatic N) is 1. The molecule has 2 aliphatic rings. The Morgan fingerprint density at radius 3 is 2.20 bits per heavy atom. The first kappa shape index (κ1) is 13.0. The summed E-state index contributed by atoms with van der Waals surface area (Å²) in [7, 11) is 2.23. The average Bonchev–Trinajstić information content (AvgIpc) is 2.80. The van der Waals surface area contributed by atoms with Crippen molar-refractivity contribution in [3.05, 3.63) is 0 Å². The van der Waals surface area contributed by atoms with Gasteiger partial charge in [-0.2, -0.15) is 0 Å². The van der Waals surface area contributed by atoms with Gasteiger partial charge in [0.1, 0.15) is 0 Å². The lowest BCUT2D eigenvalue weighted by atomic mass is 10.1. The Morgan fingerprint density at radius 1 is 1.20 bits per heavy atom. The van der Waals surface area contributed by atoms with Crippen LogP contribution in [0.1, 0.15) is 41.0 Å². The fraction of sp³-hybridized carbons (Fsp3) is 1.00. The maximum atomic E-state index is 5.86. The van der Waals surface area contributed by atoms with Crippen molar-refractivity contribution < 1.29 is 4.74 Å². The van der Waals surface area contributed by atoms with Crippen LogP contribution in [0.2, 0.25) is 0 Å². The van der Waals surface area contributed by atoms with Crippen LogP contribution in [-0.2, 0) is 4.74 Å². The lowest BCUT2D eigenvalue weighted by molar-refractivity contribution is -0.0271. The second kappa shape index (κ2) is 5.31. The second-order valence-electron chi connectivity index (χ2n) is 4.98. The Hall–Kier alpha value is -0.0800. The number of hydrogen-bond acceptors (Lipinski definition) is 2. The van der Waals surface area contributed by atoms with Gasteiger partial charge in [-0.25, -0.2) is 0 Å². The van der Waals surface area contributed by atoms with Crippen LogP contribution in [0.15, 0.2) is 0 Å². The number of likely N-dealkylation sites (N-methyl/N-ethyl adjacent to an activating group) is 1. The third-order valence-corrected chi connectivity index (χ3v) is 3.42. The van der Waals surface area contributed by atoms with Crippen LogP contribution in [-0.4, -0.2) is 36.7 Å². The van der Waals surface area contributed by atoms with Crippen LogP contribution in [0.25, 0.3) is 0 Å². The van der Waals surface area contributed by atoms with E-state index in [1.54, 1.807) is 0 Å². The first-order valence-corrected chi connectivity index (χ1v) is 6.45. The van der Waals surface area contributed by atoms with Gasteiger partial charge in [0.15, 0.2) is 0 Å².